The fourth-order valence-electron chi connectivity index (χ4n) is 2.26. The summed E-state index contributed by atoms with van der Waals surface area (Å²) < 4.78 is 10.8. The molecule has 2 rings (SSSR count). The van der Waals surface area contributed by atoms with Gasteiger partial charge in [0.2, 0.25) is 5.88 Å². The molecule has 0 amide bonds. The molecule has 1 unspecified atom stereocenters. The van der Waals surface area contributed by atoms with Crippen LogP contribution in [0.3, 0.4) is 0 Å². The maximum atomic E-state index is 12.2. The molecule has 122 valence electrons. The highest BCUT2D eigenvalue weighted by atomic mass is 32.2. The summed E-state index contributed by atoms with van der Waals surface area (Å²) in [5.41, 5.74) is 0.952. The molecule has 0 radical (unpaired) electrons. The highest BCUT2D eigenvalue weighted by Gasteiger charge is 2.20. The quantitative estimate of drug-likeness (QED) is 0.767. The Hall–Kier alpha value is -1.11. The second kappa shape index (κ2) is 9.12. The van der Waals surface area contributed by atoms with E-state index in [4.69, 9.17) is 9.47 Å². The lowest BCUT2D eigenvalue weighted by molar-refractivity contribution is -0.110. The number of pyridine rings is 1. The second-order valence-corrected chi connectivity index (χ2v) is 6.64. The maximum absolute atomic E-state index is 12.2. The predicted molar refractivity (Wildman–Crippen MR) is 88.2 cm³/mol. The van der Waals surface area contributed by atoms with Crippen LogP contribution in [0.15, 0.2) is 18.3 Å². The topological polar surface area (TPSA) is 51.7 Å². The molecule has 1 atom stereocenters. The fourth-order valence-corrected chi connectivity index (χ4v) is 3.25. The lowest BCUT2D eigenvalue weighted by Gasteiger charge is -2.31. The van der Waals surface area contributed by atoms with Gasteiger partial charge >= 0.3 is 0 Å². The van der Waals surface area contributed by atoms with Crippen molar-refractivity contribution in [2.45, 2.75) is 32.1 Å². The third kappa shape index (κ3) is 5.59. The smallest absolute Gasteiger partial charge is 0.213 e. The van der Waals surface area contributed by atoms with Gasteiger partial charge in [0.05, 0.1) is 25.2 Å². The van der Waals surface area contributed by atoms with E-state index in [1.54, 1.807) is 6.20 Å². The molecular formula is C16H24N2O3S. The zero-order valence-electron chi connectivity index (χ0n) is 13.3. The summed E-state index contributed by atoms with van der Waals surface area (Å²) in [4.78, 5) is 18.7. The van der Waals surface area contributed by atoms with Crippen LogP contribution in [-0.2, 0) is 16.0 Å². The van der Waals surface area contributed by atoms with Crippen molar-refractivity contribution in [2.75, 3.05) is 32.9 Å². The van der Waals surface area contributed by atoms with E-state index >= 15 is 0 Å². The largest absolute Gasteiger partial charge is 0.478 e. The van der Waals surface area contributed by atoms with Gasteiger partial charge in [-0.3, -0.25) is 9.69 Å². The average molecular weight is 324 g/mol. The number of hydrogen-bond donors (Lipinski definition) is 0. The van der Waals surface area contributed by atoms with E-state index in [-0.39, 0.29) is 10.5 Å². The van der Waals surface area contributed by atoms with Crippen LogP contribution in [0.5, 0.6) is 5.88 Å². The van der Waals surface area contributed by atoms with E-state index in [1.807, 2.05) is 12.1 Å². The highest BCUT2D eigenvalue weighted by molar-refractivity contribution is 8.14. The van der Waals surface area contributed by atoms with Crippen LogP contribution in [0.2, 0.25) is 0 Å². The minimum Gasteiger partial charge on any atom is -0.478 e. The van der Waals surface area contributed by atoms with Gasteiger partial charge in [0.25, 0.3) is 0 Å². The minimum absolute atomic E-state index is 0.173. The molecule has 0 aliphatic carbocycles. The molecule has 1 aliphatic rings. The maximum Gasteiger partial charge on any atom is 0.213 e. The normalized spacial score (nSPS) is 17.2. The van der Waals surface area contributed by atoms with Gasteiger partial charge in [-0.1, -0.05) is 18.7 Å². The second-order valence-electron chi connectivity index (χ2n) is 5.27. The number of nitrogens with zero attached hydrogens (tertiary/aromatic N) is 2. The Labute approximate surface area is 136 Å². The predicted octanol–water partition coefficient (Wildman–Crippen LogP) is 2.35. The first-order chi connectivity index (χ1) is 10.7. The van der Waals surface area contributed by atoms with Gasteiger partial charge in [-0.05, 0) is 25.0 Å². The molecule has 0 N–H and O–H groups in total. The van der Waals surface area contributed by atoms with Crippen molar-refractivity contribution in [1.29, 1.82) is 0 Å². The SMILES string of the molecule is CCCOc1cc(CC(=O)SC(C)N2CCOCC2)ccn1. The number of carbonyl (C=O) groups excluding carboxylic acids is 1. The molecule has 0 aromatic carbocycles. The molecular weight excluding hydrogens is 300 g/mol. The van der Waals surface area contributed by atoms with E-state index in [2.05, 4.69) is 23.7 Å². The molecule has 0 bridgehead atoms. The number of thioether (sulfide) groups is 1. The van der Waals surface area contributed by atoms with Crippen molar-refractivity contribution in [3.63, 3.8) is 0 Å². The van der Waals surface area contributed by atoms with Gasteiger partial charge in [-0.15, -0.1) is 0 Å². The Morgan fingerprint density at radius 1 is 1.50 bits per heavy atom. The summed E-state index contributed by atoms with van der Waals surface area (Å²) in [5, 5.41) is 0.362. The number of rotatable bonds is 7. The van der Waals surface area contributed by atoms with Crippen LogP contribution in [-0.4, -0.2) is 53.3 Å². The summed E-state index contributed by atoms with van der Waals surface area (Å²) in [5.74, 6) is 0.596. The van der Waals surface area contributed by atoms with Gasteiger partial charge in [-0.25, -0.2) is 4.98 Å². The van der Waals surface area contributed by atoms with Crippen LogP contribution in [0.25, 0.3) is 0 Å². The Kier molecular flexibility index (Phi) is 7.15. The van der Waals surface area contributed by atoms with E-state index in [0.717, 1.165) is 38.3 Å². The Balaban J connectivity index is 1.83. The van der Waals surface area contributed by atoms with E-state index in [9.17, 15) is 4.79 Å². The molecule has 22 heavy (non-hydrogen) atoms. The van der Waals surface area contributed by atoms with Crippen molar-refractivity contribution < 1.29 is 14.3 Å². The number of hydrogen-bond acceptors (Lipinski definition) is 6. The van der Waals surface area contributed by atoms with Crippen LogP contribution in [0.1, 0.15) is 25.8 Å². The highest BCUT2D eigenvalue weighted by Crippen LogP contribution is 2.20. The monoisotopic (exact) mass is 324 g/mol. The standard InChI is InChI=1S/C16H24N2O3S/c1-3-8-21-15-11-14(4-5-17-15)12-16(19)22-13(2)18-6-9-20-10-7-18/h4-5,11,13H,3,6-10,12H2,1-2H3. The number of carbonyl (C=O) groups is 1. The first-order valence-corrected chi connectivity index (χ1v) is 8.66. The van der Waals surface area contributed by atoms with Gasteiger partial charge in [-0.2, -0.15) is 0 Å². The van der Waals surface area contributed by atoms with Crippen LogP contribution >= 0.6 is 11.8 Å². The molecule has 6 heteroatoms. The summed E-state index contributed by atoms with van der Waals surface area (Å²) >= 11 is 1.39. The zero-order valence-corrected chi connectivity index (χ0v) is 14.1. The Morgan fingerprint density at radius 2 is 2.27 bits per heavy atom. The third-order valence-electron chi connectivity index (χ3n) is 3.46. The Bertz CT molecular complexity index is 478. The lowest BCUT2D eigenvalue weighted by Crippen LogP contribution is -2.41. The van der Waals surface area contributed by atoms with Gasteiger partial charge in [0, 0.05) is 31.8 Å². The molecule has 1 aliphatic heterocycles. The van der Waals surface area contributed by atoms with Crippen LogP contribution in [0.4, 0.5) is 0 Å². The number of aromatic nitrogens is 1. The average Bonchev–Trinajstić information content (AvgIpc) is 2.54. The summed E-state index contributed by atoms with van der Waals surface area (Å²) in [7, 11) is 0. The molecule has 0 spiro atoms. The molecule has 1 saturated heterocycles. The summed E-state index contributed by atoms with van der Waals surface area (Å²) in [6.45, 7) is 8.07. The molecule has 1 aromatic heterocycles. The van der Waals surface area contributed by atoms with E-state index in [1.165, 1.54) is 11.8 Å². The van der Waals surface area contributed by atoms with Crippen molar-refractivity contribution in [2.24, 2.45) is 0 Å². The lowest BCUT2D eigenvalue weighted by atomic mass is 10.2. The number of morpholine rings is 1. The third-order valence-corrected chi connectivity index (χ3v) is 4.51. The Morgan fingerprint density at radius 3 is 3.00 bits per heavy atom. The van der Waals surface area contributed by atoms with Crippen molar-refractivity contribution in [3.8, 4) is 5.88 Å². The van der Waals surface area contributed by atoms with Crippen molar-refractivity contribution >= 4 is 16.9 Å². The molecule has 5 nitrogen and oxygen atoms in total. The first kappa shape index (κ1) is 17.2. The van der Waals surface area contributed by atoms with Gasteiger partial charge < -0.3 is 9.47 Å². The van der Waals surface area contributed by atoms with E-state index < -0.39 is 0 Å². The number of ether oxygens (including phenoxy) is 2. The summed E-state index contributed by atoms with van der Waals surface area (Å²) in [6.07, 6.45) is 3.05. The van der Waals surface area contributed by atoms with Crippen LogP contribution < -0.4 is 4.74 Å². The van der Waals surface area contributed by atoms with Crippen molar-refractivity contribution in [3.05, 3.63) is 23.9 Å². The minimum atomic E-state index is 0.173. The summed E-state index contributed by atoms with van der Waals surface area (Å²) in [6, 6.07) is 3.73. The first-order valence-electron chi connectivity index (χ1n) is 7.78. The van der Waals surface area contributed by atoms with Gasteiger partial charge in [0.1, 0.15) is 0 Å². The van der Waals surface area contributed by atoms with Crippen LogP contribution in [0, 0.1) is 0 Å². The molecule has 0 saturated carbocycles. The zero-order chi connectivity index (χ0) is 15.8. The van der Waals surface area contributed by atoms with Gasteiger partial charge in [0.15, 0.2) is 5.12 Å². The van der Waals surface area contributed by atoms with E-state index in [0.29, 0.717) is 18.9 Å². The van der Waals surface area contributed by atoms with Crippen molar-refractivity contribution in [1.82, 2.24) is 9.88 Å². The fraction of sp³-hybridized carbons (Fsp3) is 0.625. The molecule has 2 heterocycles. The molecule has 1 aromatic rings. The molecule has 1 fully saturated rings.